The van der Waals surface area contributed by atoms with Crippen molar-refractivity contribution < 1.29 is 33.3 Å². The van der Waals surface area contributed by atoms with Gasteiger partial charge in [-0.15, -0.1) is 0 Å². The summed E-state index contributed by atoms with van der Waals surface area (Å²) in [5.41, 5.74) is 1.32. The molecule has 0 N–H and O–H groups in total. The maximum atomic E-state index is 12.2. The van der Waals surface area contributed by atoms with E-state index in [4.69, 9.17) is 23.7 Å². The number of methoxy groups -OCH3 is 1. The molecule has 0 unspecified atom stereocenters. The Kier molecular flexibility index (Phi) is 6.16. The molecule has 0 aromatic heterocycles. The summed E-state index contributed by atoms with van der Waals surface area (Å²) < 4.78 is 26.1. The molecule has 28 heavy (non-hydrogen) atoms. The summed E-state index contributed by atoms with van der Waals surface area (Å²) in [6.07, 6.45) is 3.83. The van der Waals surface area contributed by atoms with E-state index in [9.17, 15) is 9.59 Å². The van der Waals surface area contributed by atoms with Crippen LogP contribution in [-0.2, 0) is 9.53 Å². The first-order valence-electron chi connectivity index (χ1n) is 8.62. The molecule has 1 aliphatic rings. The third kappa shape index (κ3) is 4.62. The molecule has 0 spiro atoms. The zero-order valence-electron chi connectivity index (χ0n) is 15.6. The summed E-state index contributed by atoms with van der Waals surface area (Å²) in [4.78, 5) is 24.1. The second-order valence-electron chi connectivity index (χ2n) is 5.85. The first kappa shape index (κ1) is 19.3. The van der Waals surface area contributed by atoms with Crippen LogP contribution in [0.2, 0.25) is 0 Å². The Morgan fingerprint density at radius 3 is 2.64 bits per heavy atom. The summed E-state index contributed by atoms with van der Waals surface area (Å²) >= 11 is 0. The average Bonchev–Trinajstić information content (AvgIpc) is 3.19. The third-order valence-corrected chi connectivity index (χ3v) is 3.95. The quantitative estimate of drug-likeness (QED) is 0.510. The van der Waals surface area contributed by atoms with Crippen LogP contribution in [0.1, 0.15) is 22.8 Å². The van der Waals surface area contributed by atoms with Crippen molar-refractivity contribution in [3.63, 3.8) is 0 Å². The van der Waals surface area contributed by atoms with Gasteiger partial charge < -0.3 is 23.7 Å². The number of Topliss-reactive ketones (excluding diaryl/α,β-unsaturated/α-hetero) is 1. The van der Waals surface area contributed by atoms with E-state index in [1.807, 2.05) is 25.1 Å². The fourth-order valence-electron chi connectivity index (χ4n) is 2.58. The fourth-order valence-corrected chi connectivity index (χ4v) is 2.58. The lowest BCUT2D eigenvalue weighted by molar-refractivity contribution is -0.144. The first-order chi connectivity index (χ1) is 13.6. The zero-order valence-corrected chi connectivity index (χ0v) is 15.6. The van der Waals surface area contributed by atoms with E-state index >= 15 is 0 Å². The SMILES string of the molecule is C/C=C/c1ccc(OCC(=O)OCC(=O)c2ccc3c(c2)OCO3)c(OC)c1. The van der Waals surface area contributed by atoms with Crippen LogP contribution in [0.5, 0.6) is 23.0 Å². The van der Waals surface area contributed by atoms with Crippen LogP contribution in [0.3, 0.4) is 0 Å². The van der Waals surface area contributed by atoms with Crippen LogP contribution in [-0.4, -0.2) is 38.9 Å². The Labute approximate surface area is 162 Å². The minimum absolute atomic E-state index is 0.123. The summed E-state index contributed by atoms with van der Waals surface area (Å²) in [6, 6.07) is 10.1. The van der Waals surface area contributed by atoms with Gasteiger partial charge in [-0.3, -0.25) is 4.79 Å². The smallest absolute Gasteiger partial charge is 0.344 e. The zero-order chi connectivity index (χ0) is 19.9. The molecule has 2 aromatic carbocycles. The summed E-state index contributed by atoms with van der Waals surface area (Å²) in [6.45, 7) is 1.31. The highest BCUT2D eigenvalue weighted by atomic mass is 16.7. The second kappa shape index (κ2) is 8.94. The number of carbonyl (C=O) groups is 2. The molecule has 146 valence electrons. The largest absolute Gasteiger partial charge is 0.493 e. The van der Waals surface area contributed by atoms with Crippen molar-refractivity contribution in [1.29, 1.82) is 0 Å². The molecule has 0 saturated carbocycles. The van der Waals surface area contributed by atoms with Crippen molar-refractivity contribution in [3.05, 3.63) is 53.6 Å². The van der Waals surface area contributed by atoms with Crippen LogP contribution in [0.25, 0.3) is 6.08 Å². The Morgan fingerprint density at radius 2 is 1.86 bits per heavy atom. The van der Waals surface area contributed by atoms with Crippen LogP contribution >= 0.6 is 0 Å². The van der Waals surface area contributed by atoms with E-state index < -0.39 is 5.97 Å². The van der Waals surface area contributed by atoms with Crippen LogP contribution < -0.4 is 18.9 Å². The number of ether oxygens (including phenoxy) is 5. The van der Waals surface area contributed by atoms with Gasteiger partial charge in [-0.2, -0.15) is 0 Å². The highest BCUT2D eigenvalue weighted by Gasteiger charge is 2.17. The Morgan fingerprint density at radius 1 is 1.04 bits per heavy atom. The van der Waals surface area contributed by atoms with Crippen molar-refractivity contribution >= 4 is 17.8 Å². The number of hydrogen-bond acceptors (Lipinski definition) is 7. The Balaban J connectivity index is 1.51. The maximum absolute atomic E-state index is 12.2. The summed E-state index contributed by atoms with van der Waals surface area (Å²) in [5.74, 6) is 0.980. The molecule has 1 aliphatic heterocycles. The third-order valence-electron chi connectivity index (χ3n) is 3.95. The predicted octanol–water partition coefficient (Wildman–Crippen LogP) is 3.26. The van der Waals surface area contributed by atoms with Crippen molar-refractivity contribution in [2.75, 3.05) is 27.1 Å². The number of benzene rings is 2. The van der Waals surface area contributed by atoms with Gasteiger partial charge in [-0.25, -0.2) is 4.79 Å². The van der Waals surface area contributed by atoms with Crippen LogP contribution in [0, 0.1) is 0 Å². The van der Waals surface area contributed by atoms with Gasteiger partial charge >= 0.3 is 5.97 Å². The number of rotatable bonds is 8. The number of ketones is 1. The van der Waals surface area contributed by atoms with E-state index in [1.165, 1.54) is 7.11 Å². The molecule has 3 rings (SSSR count). The Bertz CT molecular complexity index is 902. The van der Waals surface area contributed by atoms with Crippen molar-refractivity contribution in [2.45, 2.75) is 6.92 Å². The van der Waals surface area contributed by atoms with Crippen LogP contribution in [0.15, 0.2) is 42.5 Å². The summed E-state index contributed by atoms with van der Waals surface area (Å²) in [5, 5.41) is 0. The monoisotopic (exact) mass is 384 g/mol. The van der Waals surface area contributed by atoms with E-state index in [1.54, 1.807) is 30.3 Å². The highest BCUT2D eigenvalue weighted by molar-refractivity contribution is 5.98. The van der Waals surface area contributed by atoms with E-state index in [0.29, 0.717) is 28.6 Å². The minimum Gasteiger partial charge on any atom is -0.493 e. The number of fused-ring (bicyclic) bond motifs is 1. The van der Waals surface area contributed by atoms with E-state index in [2.05, 4.69) is 0 Å². The first-order valence-corrected chi connectivity index (χ1v) is 8.62. The molecule has 0 amide bonds. The molecule has 0 fully saturated rings. The van der Waals surface area contributed by atoms with Gasteiger partial charge in [-0.05, 0) is 42.8 Å². The number of allylic oxidation sites excluding steroid dienone is 1. The lowest BCUT2D eigenvalue weighted by atomic mass is 10.1. The van der Waals surface area contributed by atoms with Gasteiger partial charge in [0.1, 0.15) is 0 Å². The number of hydrogen-bond donors (Lipinski definition) is 0. The molecule has 0 aliphatic carbocycles. The minimum atomic E-state index is -0.659. The molecule has 0 saturated heterocycles. The molecule has 0 bridgehead atoms. The van der Waals surface area contributed by atoms with Gasteiger partial charge in [0.05, 0.1) is 7.11 Å². The van der Waals surface area contributed by atoms with Crippen molar-refractivity contribution in [3.8, 4) is 23.0 Å². The van der Waals surface area contributed by atoms with Crippen molar-refractivity contribution in [2.24, 2.45) is 0 Å². The van der Waals surface area contributed by atoms with Gasteiger partial charge in [-0.1, -0.05) is 18.2 Å². The van der Waals surface area contributed by atoms with E-state index in [-0.39, 0.29) is 25.8 Å². The molecule has 1 heterocycles. The normalized spacial score (nSPS) is 12.1. The van der Waals surface area contributed by atoms with Crippen molar-refractivity contribution in [1.82, 2.24) is 0 Å². The molecule has 7 nitrogen and oxygen atoms in total. The lowest BCUT2D eigenvalue weighted by Crippen LogP contribution is -2.19. The van der Waals surface area contributed by atoms with Gasteiger partial charge in [0.15, 0.2) is 42.0 Å². The molecule has 2 aromatic rings. The van der Waals surface area contributed by atoms with Gasteiger partial charge in [0.2, 0.25) is 6.79 Å². The topological polar surface area (TPSA) is 80.3 Å². The van der Waals surface area contributed by atoms with Gasteiger partial charge in [0.25, 0.3) is 0 Å². The van der Waals surface area contributed by atoms with E-state index in [0.717, 1.165) is 5.56 Å². The highest BCUT2D eigenvalue weighted by Crippen LogP contribution is 2.32. The molecule has 7 heteroatoms. The second-order valence-corrected chi connectivity index (χ2v) is 5.85. The molecule has 0 radical (unpaired) electrons. The Hall–Kier alpha value is -3.48. The molecule has 0 atom stereocenters. The lowest BCUT2D eigenvalue weighted by Gasteiger charge is -2.11. The maximum Gasteiger partial charge on any atom is 0.344 e. The number of carbonyl (C=O) groups excluding carboxylic acids is 2. The molecular weight excluding hydrogens is 364 g/mol. The fraction of sp³-hybridized carbons (Fsp3) is 0.238. The standard InChI is InChI=1S/C21H20O7/c1-3-4-14-5-7-17(19(9-14)24-2)25-12-21(23)26-11-16(22)15-6-8-18-20(10-15)28-13-27-18/h3-10H,11-13H2,1-2H3/b4-3+. The molecular formula is C21H20O7. The number of esters is 1. The van der Waals surface area contributed by atoms with Crippen LogP contribution in [0.4, 0.5) is 0 Å². The van der Waals surface area contributed by atoms with Gasteiger partial charge in [0, 0.05) is 5.56 Å². The predicted molar refractivity (Wildman–Crippen MR) is 101 cm³/mol. The summed E-state index contributed by atoms with van der Waals surface area (Å²) in [7, 11) is 1.52. The average molecular weight is 384 g/mol.